The predicted molar refractivity (Wildman–Crippen MR) is 75.4 cm³/mol. The third-order valence-corrected chi connectivity index (χ3v) is 4.27. The fourth-order valence-corrected chi connectivity index (χ4v) is 2.95. The molecule has 0 bridgehead atoms. The molecule has 1 saturated heterocycles. The minimum absolute atomic E-state index is 0.262. The summed E-state index contributed by atoms with van der Waals surface area (Å²) in [7, 11) is 1.82. The zero-order valence-corrected chi connectivity index (χ0v) is 12.7. The number of rotatable bonds is 4. The van der Waals surface area contributed by atoms with Crippen LogP contribution in [0.1, 0.15) is 56.4 Å². The average Bonchev–Trinajstić information content (AvgIpc) is 2.67. The maximum Gasteiger partial charge on any atom is 0.132 e. The van der Waals surface area contributed by atoms with Crippen molar-refractivity contribution < 1.29 is 9.84 Å². The lowest BCUT2D eigenvalue weighted by Crippen LogP contribution is -2.18. The van der Waals surface area contributed by atoms with Crippen LogP contribution in [0.15, 0.2) is 0 Å². The van der Waals surface area contributed by atoms with E-state index in [2.05, 4.69) is 18.9 Å². The van der Waals surface area contributed by atoms with Gasteiger partial charge < -0.3 is 9.84 Å². The van der Waals surface area contributed by atoms with Crippen molar-refractivity contribution in [2.24, 2.45) is 13.0 Å². The van der Waals surface area contributed by atoms with E-state index in [0.717, 1.165) is 43.7 Å². The summed E-state index contributed by atoms with van der Waals surface area (Å²) in [6, 6.07) is 0. The van der Waals surface area contributed by atoms with Crippen molar-refractivity contribution in [3.8, 4) is 0 Å². The van der Waals surface area contributed by atoms with Crippen LogP contribution >= 0.6 is 11.6 Å². The Kier molecular flexibility index (Phi) is 4.87. The van der Waals surface area contributed by atoms with Gasteiger partial charge in [-0.3, -0.25) is 4.68 Å². The van der Waals surface area contributed by atoms with Crippen LogP contribution in [0, 0.1) is 5.92 Å². The van der Waals surface area contributed by atoms with Gasteiger partial charge in [-0.25, -0.2) is 0 Å². The largest absolute Gasteiger partial charge is 0.388 e. The minimum atomic E-state index is -0.526. The molecule has 0 amide bonds. The molecule has 1 unspecified atom stereocenters. The van der Waals surface area contributed by atoms with E-state index in [9.17, 15) is 5.11 Å². The van der Waals surface area contributed by atoms with Crippen molar-refractivity contribution in [2.75, 3.05) is 13.2 Å². The van der Waals surface area contributed by atoms with Gasteiger partial charge in [0, 0.05) is 25.8 Å². The fourth-order valence-electron chi connectivity index (χ4n) is 2.69. The van der Waals surface area contributed by atoms with Crippen LogP contribution in [0.2, 0.25) is 5.15 Å². The van der Waals surface area contributed by atoms with Crippen LogP contribution in [-0.2, 0) is 11.8 Å². The Morgan fingerprint density at radius 1 is 1.42 bits per heavy atom. The molecule has 1 aliphatic rings. The Balaban J connectivity index is 2.15. The number of nitrogens with zero attached hydrogens (tertiary/aromatic N) is 2. The van der Waals surface area contributed by atoms with Gasteiger partial charge in [0.05, 0.1) is 11.8 Å². The monoisotopic (exact) mass is 286 g/mol. The molecule has 0 aromatic carbocycles. The van der Waals surface area contributed by atoms with Crippen molar-refractivity contribution in [1.29, 1.82) is 0 Å². The second kappa shape index (κ2) is 6.25. The highest BCUT2D eigenvalue weighted by Gasteiger charge is 2.26. The van der Waals surface area contributed by atoms with Crippen LogP contribution in [0.4, 0.5) is 0 Å². The lowest BCUT2D eigenvalue weighted by molar-refractivity contribution is 0.0433. The van der Waals surface area contributed by atoms with Crippen LogP contribution in [0.25, 0.3) is 0 Å². The van der Waals surface area contributed by atoms with E-state index in [-0.39, 0.29) is 5.92 Å². The second-order valence-corrected chi connectivity index (χ2v) is 6.03. The zero-order valence-electron chi connectivity index (χ0n) is 11.9. The number of aryl methyl sites for hydroxylation is 1. The molecule has 0 radical (unpaired) electrons. The zero-order chi connectivity index (χ0) is 14.0. The summed E-state index contributed by atoms with van der Waals surface area (Å²) < 4.78 is 7.00. The third-order valence-electron chi connectivity index (χ3n) is 3.82. The number of aromatic nitrogens is 2. The molecule has 4 nitrogen and oxygen atoms in total. The van der Waals surface area contributed by atoms with E-state index in [1.165, 1.54) is 0 Å². The number of aliphatic hydroxyl groups is 1. The average molecular weight is 287 g/mol. The van der Waals surface area contributed by atoms with E-state index < -0.39 is 6.10 Å². The minimum Gasteiger partial charge on any atom is -0.388 e. The SMILES string of the molecule is CC(C)c1nn(C)c(Cl)c1C(O)CC1CCOCC1. The summed E-state index contributed by atoms with van der Waals surface area (Å²) in [6.45, 7) is 5.75. The first-order valence-electron chi connectivity index (χ1n) is 6.98. The van der Waals surface area contributed by atoms with Crippen molar-refractivity contribution in [1.82, 2.24) is 9.78 Å². The van der Waals surface area contributed by atoms with Gasteiger partial charge in [0.1, 0.15) is 5.15 Å². The first-order chi connectivity index (χ1) is 9.00. The van der Waals surface area contributed by atoms with Crippen molar-refractivity contribution in [2.45, 2.75) is 45.1 Å². The van der Waals surface area contributed by atoms with Crippen LogP contribution < -0.4 is 0 Å². The van der Waals surface area contributed by atoms with Gasteiger partial charge in [0.25, 0.3) is 0 Å². The van der Waals surface area contributed by atoms with E-state index >= 15 is 0 Å². The summed E-state index contributed by atoms with van der Waals surface area (Å²) in [5.41, 5.74) is 1.72. The highest BCUT2D eigenvalue weighted by atomic mass is 35.5. The van der Waals surface area contributed by atoms with Crippen molar-refractivity contribution >= 4 is 11.6 Å². The first kappa shape index (κ1) is 14.8. The number of aliphatic hydroxyl groups excluding tert-OH is 1. The smallest absolute Gasteiger partial charge is 0.132 e. The number of halogens is 1. The van der Waals surface area contributed by atoms with Crippen molar-refractivity contribution in [3.05, 3.63) is 16.4 Å². The maximum absolute atomic E-state index is 10.5. The van der Waals surface area contributed by atoms with Gasteiger partial charge in [-0.05, 0) is 31.1 Å². The number of ether oxygens (including phenoxy) is 1. The predicted octanol–water partition coefficient (Wildman–Crippen LogP) is 3.05. The summed E-state index contributed by atoms with van der Waals surface area (Å²) in [4.78, 5) is 0. The molecular weight excluding hydrogens is 264 g/mol. The highest BCUT2D eigenvalue weighted by molar-refractivity contribution is 6.30. The van der Waals surface area contributed by atoms with E-state index in [4.69, 9.17) is 16.3 Å². The summed E-state index contributed by atoms with van der Waals surface area (Å²) in [6.07, 6.45) is 2.26. The van der Waals surface area contributed by atoms with Crippen LogP contribution in [-0.4, -0.2) is 28.1 Å². The van der Waals surface area contributed by atoms with Gasteiger partial charge in [-0.1, -0.05) is 25.4 Å². The molecule has 2 heterocycles. The molecule has 2 rings (SSSR count). The van der Waals surface area contributed by atoms with Crippen molar-refractivity contribution in [3.63, 3.8) is 0 Å². The Bertz CT molecular complexity index is 425. The second-order valence-electron chi connectivity index (χ2n) is 5.68. The first-order valence-corrected chi connectivity index (χ1v) is 7.36. The molecule has 19 heavy (non-hydrogen) atoms. The molecule has 0 spiro atoms. The molecule has 1 N–H and O–H groups in total. The van der Waals surface area contributed by atoms with Gasteiger partial charge in [-0.15, -0.1) is 0 Å². The van der Waals surface area contributed by atoms with E-state index in [1.54, 1.807) is 4.68 Å². The van der Waals surface area contributed by atoms with Crippen LogP contribution in [0.3, 0.4) is 0 Å². The molecular formula is C14H23ClN2O2. The topological polar surface area (TPSA) is 47.3 Å². The Morgan fingerprint density at radius 3 is 2.63 bits per heavy atom. The summed E-state index contributed by atoms with van der Waals surface area (Å²) in [5, 5.41) is 15.5. The number of hydrogen-bond donors (Lipinski definition) is 1. The quantitative estimate of drug-likeness (QED) is 0.925. The fraction of sp³-hybridized carbons (Fsp3) is 0.786. The maximum atomic E-state index is 10.5. The molecule has 1 fully saturated rings. The lowest BCUT2D eigenvalue weighted by atomic mass is 9.90. The normalized spacial score (nSPS) is 19.1. The number of hydrogen-bond acceptors (Lipinski definition) is 3. The molecule has 0 saturated carbocycles. The Labute approximate surface area is 119 Å². The summed E-state index contributed by atoms with van der Waals surface area (Å²) >= 11 is 6.29. The van der Waals surface area contributed by atoms with E-state index in [0.29, 0.717) is 11.1 Å². The molecule has 1 atom stereocenters. The molecule has 1 aromatic rings. The standard InChI is InChI=1S/C14H23ClN2O2/c1-9(2)13-12(14(15)17(3)16-13)11(18)8-10-4-6-19-7-5-10/h9-11,18H,4-8H2,1-3H3. The van der Waals surface area contributed by atoms with Crippen LogP contribution in [0.5, 0.6) is 0 Å². The third kappa shape index (κ3) is 3.30. The Hall–Kier alpha value is -0.580. The molecule has 1 aliphatic heterocycles. The van der Waals surface area contributed by atoms with Gasteiger partial charge in [-0.2, -0.15) is 5.10 Å². The molecule has 1 aromatic heterocycles. The lowest BCUT2D eigenvalue weighted by Gasteiger charge is -2.24. The van der Waals surface area contributed by atoms with E-state index in [1.807, 2.05) is 7.05 Å². The van der Waals surface area contributed by atoms with Gasteiger partial charge >= 0.3 is 0 Å². The summed E-state index contributed by atoms with van der Waals surface area (Å²) in [5.74, 6) is 0.776. The highest BCUT2D eigenvalue weighted by Crippen LogP contribution is 2.35. The molecule has 0 aliphatic carbocycles. The molecule has 108 valence electrons. The van der Waals surface area contributed by atoms with Gasteiger partial charge in [0.15, 0.2) is 0 Å². The molecule has 5 heteroatoms. The van der Waals surface area contributed by atoms with Gasteiger partial charge in [0.2, 0.25) is 0 Å². The Morgan fingerprint density at radius 2 is 2.05 bits per heavy atom.